The van der Waals surface area contributed by atoms with E-state index in [2.05, 4.69) is 15.9 Å². The Morgan fingerprint density at radius 3 is 2.52 bits per heavy atom. The van der Waals surface area contributed by atoms with Gasteiger partial charge in [0, 0.05) is 24.0 Å². The normalized spacial score (nSPS) is 16.0. The zero-order valence-electron chi connectivity index (χ0n) is 11.6. The summed E-state index contributed by atoms with van der Waals surface area (Å²) in [6, 6.07) is 4.84. The van der Waals surface area contributed by atoms with Crippen molar-refractivity contribution in [3.8, 4) is 5.75 Å². The Morgan fingerprint density at radius 1 is 1.29 bits per heavy atom. The van der Waals surface area contributed by atoms with E-state index in [1.54, 1.807) is 17.0 Å². The number of carbonyl (C=O) groups is 2. The number of nitrogens with zero attached hydrogens (tertiary/aromatic N) is 1. The zero-order chi connectivity index (χ0) is 15.4. The van der Waals surface area contributed by atoms with Crippen LogP contribution in [0, 0.1) is 5.92 Å². The van der Waals surface area contributed by atoms with E-state index in [0.29, 0.717) is 31.0 Å². The van der Waals surface area contributed by atoms with Crippen molar-refractivity contribution in [3.05, 3.63) is 28.2 Å². The highest BCUT2D eigenvalue weighted by Gasteiger charge is 2.25. The number of amides is 1. The van der Waals surface area contributed by atoms with Gasteiger partial charge >= 0.3 is 5.97 Å². The van der Waals surface area contributed by atoms with Crippen molar-refractivity contribution in [2.24, 2.45) is 5.92 Å². The van der Waals surface area contributed by atoms with E-state index in [9.17, 15) is 14.7 Å². The number of piperidine rings is 1. The van der Waals surface area contributed by atoms with Gasteiger partial charge in [-0.15, -0.1) is 0 Å². The molecule has 2 rings (SSSR count). The number of aromatic hydroxyl groups is 1. The fourth-order valence-electron chi connectivity index (χ4n) is 2.61. The van der Waals surface area contributed by atoms with Crippen LogP contribution in [-0.4, -0.2) is 40.1 Å². The maximum absolute atomic E-state index is 12.4. The largest absolute Gasteiger partial charge is 0.507 e. The molecule has 2 N–H and O–H groups in total. The average molecular weight is 356 g/mol. The van der Waals surface area contributed by atoms with Crippen LogP contribution in [0.3, 0.4) is 0 Å². The Balaban J connectivity index is 1.92. The number of carbonyl (C=O) groups excluding carboxylic acids is 1. The Morgan fingerprint density at radius 2 is 1.95 bits per heavy atom. The number of hydrogen-bond acceptors (Lipinski definition) is 3. The van der Waals surface area contributed by atoms with Crippen molar-refractivity contribution in [1.29, 1.82) is 0 Å². The van der Waals surface area contributed by atoms with Gasteiger partial charge in [-0.3, -0.25) is 9.59 Å². The predicted molar refractivity (Wildman–Crippen MR) is 81.3 cm³/mol. The molecule has 1 aliphatic rings. The highest BCUT2D eigenvalue weighted by molar-refractivity contribution is 9.10. The minimum atomic E-state index is -0.770. The van der Waals surface area contributed by atoms with Crippen LogP contribution in [-0.2, 0) is 4.79 Å². The molecule has 0 unspecified atom stereocenters. The second-order valence-electron chi connectivity index (χ2n) is 5.33. The maximum Gasteiger partial charge on any atom is 0.303 e. The highest BCUT2D eigenvalue weighted by Crippen LogP contribution is 2.27. The number of likely N-dealkylation sites (tertiary alicyclic amines) is 1. The molecule has 0 aromatic heterocycles. The number of phenolic OH excluding ortho intramolecular Hbond substituents is 1. The van der Waals surface area contributed by atoms with Gasteiger partial charge in [-0.25, -0.2) is 0 Å². The smallest absolute Gasteiger partial charge is 0.303 e. The summed E-state index contributed by atoms with van der Waals surface area (Å²) < 4.78 is 0.726. The lowest BCUT2D eigenvalue weighted by atomic mass is 9.92. The number of carboxylic acids is 1. The van der Waals surface area contributed by atoms with Gasteiger partial charge in [0.05, 0.1) is 5.56 Å². The van der Waals surface area contributed by atoms with Crippen LogP contribution in [0.1, 0.15) is 36.0 Å². The van der Waals surface area contributed by atoms with E-state index in [-0.39, 0.29) is 18.1 Å². The van der Waals surface area contributed by atoms with Crippen LogP contribution in [0.25, 0.3) is 0 Å². The minimum Gasteiger partial charge on any atom is -0.507 e. The van der Waals surface area contributed by atoms with Crippen molar-refractivity contribution in [3.63, 3.8) is 0 Å². The first-order valence-corrected chi connectivity index (χ1v) is 7.76. The van der Waals surface area contributed by atoms with E-state index in [4.69, 9.17) is 5.11 Å². The molecule has 1 saturated heterocycles. The van der Waals surface area contributed by atoms with Gasteiger partial charge < -0.3 is 15.1 Å². The molecule has 21 heavy (non-hydrogen) atoms. The number of rotatable bonds is 4. The fourth-order valence-corrected chi connectivity index (χ4v) is 2.96. The summed E-state index contributed by atoms with van der Waals surface area (Å²) in [6.07, 6.45) is 2.49. The molecule has 6 heteroatoms. The molecular formula is C15H18BrNO4. The van der Waals surface area contributed by atoms with Crippen molar-refractivity contribution < 1.29 is 19.8 Å². The second-order valence-corrected chi connectivity index (χ2v) is 6.25. The fraction of sp³-hybridized carbons (Fsp3) is 0.467. The van der Waals surface area contributed by atoms with Gasteiger partial charge in [-0.2, -0.15) is 0 Å². The number of hydrogen-bond donors (Lipinski definition) is 2. The van der Waals surface area contributed by atoms with Crippen LogP contribution >= 0.6 is 15.9 Å². The summed E-state index contributed by atoms with van der Waals surface area (Å²) in [4.78, 5) is 24.7. The summed E-state index contributed by atoms with van der Waals surface area (Å²) in [7, 11) is 0. The van der Waals surface area contributed by atoms with Crippen LogP contribution in [0.5, 0.6) is 5.75 Å². The quantitative estimate of drug-likeness (QED) is 0.870. The number of phenols is 1. The molecule has 1 aromatic carbocycles. The van der Waals surface area contributed by atoms with Crippen molar-refractivity contribution in [2.75, 3.05) is 13.1 Å². The van der Waals surface area contributed by atoms with E-state index in [1.807, 2.05) is 0 Å². The molecule has 1 fully saturated rings. The summed E-state index contributed by atoms with van der Waals surface area (Å²) in [5.74, 6) is -0.601. The van der Waals surface area contributed by atoms with Crippen LogP contribution in [0.4, 0.5) is 0 Å². The molecule has 114 valence electrons. The van der Waals surface area contributed by atoms with E-state index in [1.165, 1.54) is 6.07 Å². The first-order valence-electron chi connectivity index (χ1n) is 6.97. The van der Waals surface area contributed by atoms with Crippen LogP contribution < -0.4 is 0 Å². The molecule has 1 aromatic rings. The van der Waals surface area contributed by atoms with Crippen molar-refractivity contribution in [2.45, 2.75) is 25.7 Å². The number of aliphatic carboxylic acids is 1. The Bertz CT molecular complexity index is 538. The first kappa shape index (κ1) is 15.8. The molecule has 5 nitrogen and oxygen atoms in total. The van der Waals surface area contributed by atoms with Gasteiger partial charge in [0.1, 0.15) is 5.75 Å². The summed E-state index contributed by atoms with van der Waals surface area (Å²) in [5.41, 5.74) is 0.308. The molecule has 1 aliphatic heterocycles. The average Bonchev–Trinajstić information content (AvgIpc) is 2.45. The summed E-state index contributed by atoms with van der Waals surface area (Å²) in [5, 5.41) is 18.5. The Kier molecular flexibility index (Phi) is 5.22. The second kappa shape index (κ2) is 6.93. The topological polar surface area (TPSA) is 77.8 Å². The molecule has 1 amide bonds. The first-order chi connectivity index (χ1) is 9.97. The molecule has 1 heterocycles. The van der Waals surface area contributed by atoms with E-state index >= 15 is 0 Å². The van der Waals surface area contributed by atoms with Crippen LogP contribution in [0.2, 0.25) is 0 Å². The van der Waals surface area contributed by atoms with Gasteiger partial charge in [0.2, 0.25) is 0 Å². The lowest BCUT2D eigenvalue weighted by molar-refractivity contribution is -0.137. The van der Waals surface area contributed by atoms with Gasteiger partial charge in [0.25, 0.3) is 5.91 Å². The Hall–Kier alpha value is -1.56. The van der Waals surface area contributed by atoms with Crippen LogP contribution in [0.15, 0.2) is 22.7 Å². The monoisotopic (exact) mass is 355 g/mol. The van der Waals surface area contributed by atoms with Crippen molar-refractivity contribution in [1.82, 2.24) is 4.90 Å². The Labute approximate surface area is 131 Å². The standard InChI is InChI=1S/C15H18BrNO4/c16-11-2-3-12(13(18)9-11)15(21)17-7-5-10(6-8-17)1-4-14(19)20/h2-3,9-10,18H,1,4-8H2,(H,19,20). The SMILES string of the molecule is O=C(O)CCC1CCN(C(=O)c2ccc(Br)cc2O)CC1. The third-order valence-corrected chi connectivity index (χ3v) is 4.35. The van der Waals surface area contributed by atoms with Crippen molar-refractivity contribution >= 4 is 27.8 Å². The molecule has 0 radical (unpaired) electrons. The molecule has 0 atom stereocenters. The number of benzene rings is 1. The maximum atomic E-state index is 12.4. The van der Waals surface area contributed by atoms with E-state index in [0.717, 1.165) is 17.3 Å². The number of halogens is 1. The highest BCUT2D eigenvalue weighted by atomic mass is 79.9. The molecule has 0 aliphatic carbocycles. The lowest BCUT2D eigenvalue weighted by Crippen LogP contribution is -2.38. The summed E-state index contributed by atoms with van der Waals surface area (Å²) in [6.45, 7) is 1.22. The molecule has 0 spiro atoms. The third-order valence-electron chi connectivity index (χ3n) is 3.86. The van der Waals surface area contributed by atoms with Gasteiger partial charge in [0.15, 0.2) is 0 Å². The lowest BCUT2D eigenvalue weighted by Gasteiger charge is -2.32. The minimum absolute atomic E-state index is 0.0256. The zero-order valence-corrected chi connectivity index (χ0v) is 13.2. The summed E-state index contributed by atoms with van der Waals surface area (Å²) >= 11 is 3.25. The van der Waals surface area contributed by atoms with Gasteiger partial charge in [-0.1, -0.05) is 15.9 Å². The predicted octanol–water partition coefficient (Wildman–Crippen LogP) is 2.87. The third kappa shape index (κ3) is 4.20. The molecule has 0 saturated carbocycles. The molecular weight excluding hydrogens is 338 g/mol. The number of carboxylic acid groups (broad SMARTS) is 1. The van der Waals surface area contributed by atoms with E-state index < -0.39 is 5.97 Å². The molecule has 0 bridgehead atoms. The van der Waals surface area contributed by atoms with Gasteiger partial charge in [-0.05, 0) is 43.4 Å².